The number of amides is 3. The maximum atomic E-state index is 13.4. The van der Waals surface area contributed by atoms with Gasteiger partial charge < -0.3 is 10.1 Å². The zero-order valence-corrected chi connectivity index (χ0v) is 19.1. The number of esters is 1. The number of aryl methyl sites for hydroxylation is 1. The maximum Gasteiger partial charge on any atom is 0.307 e. The van der Waals surface area contributed by atoms with Crippen LogP contribution in [0.4, 0.5) is 0 Å². The van der Waals surface area contributed by atoms with E-state index in [4.69, 9.17) is 4.74 Å². The number of fused-ring (bicyclic) bond motifs is 1. The normalized spacial score (nSPS) is 14.7. The average Bonchev–Trinajstić information content (AvgIpc) is 3.04. The number of hydrogen-bond donors (Lipinski definition) is 1. The predicted molar refractivity (Wildman–Crippen MR) is 122 cm³/mol. The summed E-state index contributed by atoms with van der Waals surface area (Å²) in [5.41, 5.74) is 2.37. The Morgan fingerprint density at radius 2 is 1.62 bits per heavy atom. The molecule has 0 spiro atoms. The molecule has 3 amide bonds. The molecule has 0 bridgehead atoms. The van der Waals surface area contributed by atoms with Crippen LogP contribution in [0.15, 0.2) is 48.5 Å². The van der Waals surface area contributed by atoms with Gasteiger partial charge in [-0.1, -0.05) is 42.0 Å². The van der Waals surface area contributed by atoms with E-state index in [1.54, 1.807) is 24.3 Å². The summed E-state index contributed by atoms with van der Waals surface area (Å²) in [6, 6.07) is 12.4. The molecule has 3 rings (SSSR count). The number of thioether (sulfide) groups is 1. The number of methoxy groups -OCH3 is 1. The van der Waals surface area contributed by atoms with Crippen LogP contribution in [-0.4, -0.2) is 53.8 Å². The second-order valence-corrected chi connectivity index (χ2v) is 8.56. The van der Waals surface area contributed by atoms with Gasteiger partial charge in [0.25, 0.3) is 11.8 Å². The van der Waals surface area contributed by atoms with Crippen LogP contribution in [0.25, 0.3) is 0 Å². The van der Waals surface area contributed by atoms with Crippen molar-refractivity contribution in [1.29, 1.82) is 0 Å². The van der Waals surface area contributed by atoms with Gasteiger partial charge in [0.15, 0.2) is 0 Å². The molecular weight excluding hydrogens is 428 g/mol. The molecule has 168 valence electrons. The average molecular weight is 455 g/mol. The van der Waals surface area contributed by atoms with Gasteiger partial charge in [-0.2, -0.15) is 11.8 Å². The monoisotopic (exact) mass is 454 g/mol. The lowest BCUT2D eigenvalue weighted by atomic mass is 10.0. The Balaban J connectivity index is 1.88. The van der Waals surface area contributed by atoms with Gasteiger partial charge in [0, 0.05) is 0 Å². The molecule has 8 heteroatoms. The fraction of sp³-hybridized carbons (Fsp3) is 0.333. The molecule has 0 fully saturated rings. The van der Waals surface area contributed by atoms with Crippen LogP contribution in [0.1, 0.15) is 50.7 Å². The SMILES string of the molecule is COC(=O)CC(NC(=O)C(CCSC)N1C(=O)c2ccccc2C1=O)c1ccc(C)cc1. The first kappa shape index (κ1) is 23.5. The number of nitrogens with one attached hydrogen (secondary N) is 1. The molecule has 0 radical (unpaired) electrons. The van der Waals surface area contributed by atoms with Crippen molar-refractivity contribution in [3.05, 3.63) is 70.8 Å². The Labute approximate surface area is 191 Å². The van der Waals surface area contributed by atoms with Crippen molar-refractivity contribution in [1.82, 2.24) is 10.2 Å². The highest BCUT2D eigenvalue weighted by atomic mass is 32.2. The molecule has 0 aromatic heterocycles. The van der Waals surface area contributed by atoms with E-state index in [-0.39, 0.29) is 6.42 Å². The molecule has 1 N–H and O–H groups in total. The van der Waals surface area contributed by atoms with Crippen LogP contribution in [0, 0.1) is 6.92 Å². The third-order valence-electron chi connectivity index (χ3n) is 5.43. The van der Waals surface area contributed by atoms with Gasteiger partial charge in [-0.05, 0) is 43.0 Å². The Hall–Kier alpha value is -3.13. The van der Waals surface area contributed by atoms with E-state index >= 15 is 0 Å². The molecule has 2 unspecified atom stereocenters. The number of nitrogens with zero attached hydrogens (tertiary/aromatic N) is 1. The molecule has 1 aliphatic heterocycles. The Morgan fingerprint density at radius 3 is 2.16 bits per heavy atom. The standard InChI is InChI=1S/C24H26N2O5S/c1-15-8-10-16(11-9-15)19(14-21(27)31-2)25-22(28)20(12-13-32-3)26-23(29)17-6-4-5-7-18(17)24(26)30/h4-11,19-20H,12-14H2,1-3H3,(H,25,28). The molecule has 2 atom stereocenters. The van der Waals surface area contributed by atoms with Gasteiger partial charge in [0.1, 0.15) is 6.04 Å². The van der Waals surface area contributed by atoms with E-state index in [2.05, 4.69) is 5.32 Å². The summed E-state index contributed by atoms with van der Waals surface area (Å²) < 4.78 is 4.80. The van der Waals surface area contributed by atoms with E-state index in [0.29, 0.717) is 23.3 Å². The Morgan fingerprint density at radius 1 is 1.03 bits per heavy atom. The summed E-state index contributed by atoms with van der Waals surface area (Å²) in [5, 5.41) is 2.88. The summed E-state index contributed by atoms with van der Waals surface area (Å²) in [6.45, 7) is 1.94. The number of benzene rings is 2. The highest BCUT2D eigenvalue weighted by molar-refractivity contribution is 7.98. The highest BCUT2D eigenvalue weighted by Crippen LogP contribution is 2.27. The van der Waals surface area contributed by atoms with Crippen molar-refractivity contribution in [2.75, 3.05) is 19.1 Å². The van der Waals surface area contributed by atoms with E-state index in [1.807, 2.05) is 37.4 Å². The fourth-order valence-electron chi connectivity index (χ4n) is 3.67. The van der Waals surface area contributed by atoms with E-state index in [0.717, 1.165) is 16.0 Å². The molecule has 1 heterocycles. The summed E-state index contributed by atoms with van der Waals surface area (Å²) >= 11 is 1.52. The molecule has 2 aromatic carbocycles. The first-order valence-electron chi connectivity index (χ1n) is 10.3. The van der Waals surface area contributed by atoms with E-state index in [9.17, 15) is 19.2 Å². The topological polar surface area (TPSA) is 92.8 Å². The minimum atomic E-state index is -0.986. The Kier molecular flexibility index (Phi) is 7.69. The Bertz CT molecular complexity index is 986. The smallest absolute Gasteiger partial charge is 0.307 e. The molecule has 2 aromatic rings. The maximum absolute atomic E-state index is 13.4. The fourth-order valence-corrected chi connectivity index (χ4v) is 4.13. The number of imide groups is 1. The van der Waals surface area contributed by atoms with Crippen LogP contribution in [0.3, 0.4) is 0 Å². The van der Waals surface area contributed by atoms with Gasteiger partial charge in [-0.3, -0.25) is 24.1 Å². The largest absolute Gasteiger partial charge is 0.469 e. The quantitative estimate of drug-likeness (QED) is 0.462. The lowest BCUT2D eigenvalue weighted by molar-refractivity contribution is -0.141. The third kappa shape index (κ3) is 5.02. The summed E-state index contributed by atoms with van der Waals surface area (Å²) in [6.07, 6.45) is 2.13. The van der Waals surface area contributed by atoms with Crippen LogP contribution >= 0.6 is 11.8 Å². The van der Waals surface area contributed by atoms with Crippen LogP contribution < -0.4 is 5.32 Å². The number of carbonyl (C=O) groups is 4. The van der Waals surface area contributed by atoms with Crippen LogP contribution in [0.2, 0.25) is 0 Å². The first-order valence-corrected chi connectivity index (χ1v) is 11.7. The molecule has 7 nitrogen and oxygen atoms in total. The van der Waals surface area contributed by atoms with Gasteiger partial charge in [-0.25, -0.2) is 0 Å². The minimum absolute atomic E-state index is 0.0668. The lowest BCUT2D eigenvalue weighted by Crippen LogP contribution is -2.50. The van der Waals surface area contributed by atoms with Gasteiger partial charge in [0.2, 0.25) is 5.91 Å². The van der Waals surface area contributed by atoms with Gasteiger partial charge in [0.05, 0.1) is 30.7 Å². The lowest BCUT2D eigenvalue weighted by Gasteiger charge is -2.28. The van der Waals surface area contributed by atoms with E-state index < -0.39 is 35.8 Å². The summed E-state index contributed by atoms with van der Waals surface area (Å²) in [4.78, 5) is 52.4. The summed E-state index contributed by atoms with van der Waals surface area (Å²) in [5.74, 6) is -1.34. The van der Waals surface area contributed by atoms with Crippen LogP contribution in [0.5, 0.6) is 0 Å². The number of ether oxygens (including phenoxy) is 1. The predicted octanol–water partition coefficient (Wildman–Crippen LogP) is 3.13. The van der Waals surface area contributed by atoms with Crippen molar-refractivity contribution in [3.63, 3.8) is 0 Å². The first-order chi connectivity index (χ1) is 15.4. The van der Waals surface area contributed by atoms with Gasteiger partial charge in [-0.15, -0.1) is 0 Å². The van der Waals surface area contributed by atoms with E-state index in [1.165, 1.54) is 18.9 Å². The van der Waals surface area contributed by atoms with Crippen molar-refractivity contribution >= 4 is 35.5 Å². The number of rotatable bonds is 9. The van der Waals surface area contributed by atoms with Crippen molar-refractivity contribution in [3.8, 4) is 0 Å². The molecule has 32 heavy (non-hydrogen) atoms. The van der Waals surface area contributed by atoms with Crippen molar-refractivity contribution in [2.24, 2.45) is 0 Å². The number of carbonyl (C=O) groups excluding carboxylic acids is 4. The number of hydrogen-bond acceptors (Lipinski definition) is 6. The highest BCUT2D eigenvalue weighted by Gasteiger charge is 2.42. The van der Waals surface area contributed by atoms with Crippen LogP contribution in [-0.2, 0) is 14.3 Å². The second kappa shape index (κ2) is 10.5. The molecular formula is C24H26N2O5S. The van der Waals surface area contributed by atoms with Crippen molar-refractivity contribution < 1.29 is 23.9 Å². The molecule has 0 saturated carbocycles. The van der Waals surface area contributed by atoms with Gasteiger partial charge >= 0.3 is 5.97 Å². The second-order valence-electron chi connectivity index (χ2n) is 7.58. The zero-order chi connectivity index (χ0) is 23.3. The minimum Gasteiger partial charge on any atom is -0.469 e. The molecule has 0 aliphatic carbocycles. The molecule has 1 aliphatic rings. The third-order valence-corrected chi connectivity index (χ3v) is 6.07. The van der Waals surface area contributed by atoms with Crippen molar-refractivity contribution in [2.45, 2.75) is 31.8 Å². The molecule has 0 saturated heterocycles. The zero-order valence-electron chi connectivity index (χ0n) is 18.3. The summed E-state index contributed by atoms with van der Waals surface area (Å²) in [7, 11) is 1.29.